The van der Waals surface area contributed by atoms with Crippen LogP contribution in [0.4, 0.5) is 5.69 Å². The van der Waals surface area contributed by atoms with Crippen LogP contribution in [0.1, 0.15) is 24.0 Å². The zero-order valence-corrected chi connectivity index (χ0v) is 23.5. The van der Waals surface area contributed by atoms with Crippen LogP contribution in [0, 0.1) is 16.7 Å². The monoisotopic (exact) mass is 539 g/mol. The Bertz CT molecular complexity index is 1760. The third-order valence-corrected chi connectivity index (χ3v) is 8.51. The van der Waals surface area contributed by atoms with Crippen LogP contribution in [-0.2, 0) is 4.79 Å². The van der Waals surface area contributed by atoms with E-state index in [1.54, 1.807) is 14.0 Å². The maximum atomic E-state index is 14.5. The summed E-state index contributed by atoms with van der Waals surface area (Å²) in [5.74, 6) is -0.0137. The molecule has 1 saturated heterocycles. The largest absolute Gasteiger partial charge is 0.496 e. The minimum atomic E-state index is -1.36. The van der Waals surface area contributed by atoms with Crippen LogP contribution in [0.15, 0.2) is 109 Å². The summed E-state index contributed by atoms with van der Waals surface area (Å²) in [5.41, 5.74) is 1.60. The van der Waals surface area contributed by atoms with E-state index in [1.807, 2.05) is 53.4 Å². The molecule has 204 valence electrons. The predicted octanol–water partition coefficient (Wildman–Crippen LogP) is 7.01. The van der Waals surface area contributed by atoms with Gasteiger partial charge in [-0.2, -0.15) is 5.26 Å². The van der Waals surface area contributed by atoms with Gasteiger partial charge in [-0.3, -0.25) is 4.79 Å². The number of hydrogen-bond donors (Lipinski definition) is 0. The Morgan fingerprint density at radius 2 is 1.32 bits per heavy atom. The third kappa shape index (κ3) is 4.66. The lowest BCUT2D eigenvalue weighted by Gasteiger charge is -2.41. The number of nitrogens with zero attached hydrogens (tertiary/aromatic N) is 3. The van der Waals surface area contributed by atoms with Gasteiger partial charge in [0.15, 0.2) is 0 Å². The summed E-state index contributed by atoms with van der Waals surface area (Å²) in [6.07, 6.45) is 0. The number of fused-ring (bicyclic) bond motifs is 2. The van der Waals surface area contributed by atoms with E-state index in [1.165, 1.54) is 16.5 Å². The summed E-state index contributed by atoms with van der Waals surface area (Å²) in [4.78, 5) is 18.7. The molecule has 5 aromatic carbocycles. The molecule has 1 heterocycles. The highest BCUT2D eigenvalue weighted by molar-refractivity contribution is 5.95. The van der Waals surface area contributed by atoms with Crippen molar-refractivity contribution in [2.45, 2.75) is 12.8 Å². The fourth-order valence-electron chi connectivity index (χ4n) is 6.40. The van der Waals surface area contributed by atoms with Crippen LogP contribution in [0.25, 0.3) is 21.5 Å². The Balaban J connectivity index is 1.37. The maximum Gasteiger partial charge on any atom is 0.243 e. The summed E-state index contributed by atoms with van der Waals surface area (Å²) in [7, 11) is 1.64. The molecule has 0 saturated carbocycles. The molecular formula is C36H33N3O2. The van der Waals surface area contributed by atoms with Gasteiger partial charge in [0.1, 0.15) is 11.2 Å². The van der Waals surface area contributed by atoms with Crippen LogP contribution in [0.5, 0.6) is 5.75 Å². The Morgan fingerprint density at radius 1 is 0.756 bits per heavy atom. The molecule has 5 heteroatoms. The SMILES string of the molecule is COc1ccccc1[C@H](c1cccc2ccccc12)[C@@](C)(C#N)C(=O)N1CCN(c2cccc3ccccc23)CC1. The van der Waals surface area contributed by atoms with Crippen molar-refractivity contribution < 1.29 is 9.53 Å². The second-order valence-corrected chi connectivity index (χ2v) is 10.8. The van der Waals surface area contributed by atoms with Crippen molar-refractivity contribution in [3.05, 3.63) is 120 Å². The van der Waals surface area contributed by atoms with Gasteiger partial charge in [0.05, 0.1) is 13.2 Å². The number of methoxy groups -OCH3 is 1. The zero-order chi connectivity index (χ0) is 28.4. The van der Waals surface area contributed by atoms with E-state index in [9.17, 15) is 10.1 Å². The topological polar surface area (TPSA) is 56.6 Å². The van der Waals surface area contributed by atoms with Gasteiger partial charge in [-0.05, 0) is 40.8 Å². The van der Waals surface area contributed by atoms with E-state index < -0.39 is 11.3 Å². The van der Waals surface area contributed by atoms with Crippen LogP contribution in [0.2, 0.25) is 0 Å². The van der Waals surface area contributed by atoms with Crippen molar-refractivity contribution in [2.75, 3.05) is 38.2 Å². The lowest BCUT2D eigenvalue weighted by Crippen LogP contribution is -2.53. The summed E-state index contributed by atoms with van der Waals surface area (Å²) < 4.78 is 5.78. The lowest BCUT2D eigenvalue weighted by atomic mass is 9.68. The number of benzene rings is 5. The van der Waals surface area contributed by atoms with E-state index >= 15 is 0 Å². The molecule has 0 aliphatic carbocycles. The average Bonchev–Trinajstić information content (AvgIpc) is 3.04. The summed E-state index contributed by atoms with van der Waals surface area (Å²) in [6.45, 7) is 4.30. The molecule has 0 bridgehead atoms. The zero-order valence-electron chi connectivity index (χ0n) is 23.5. The second kappa shape index (κ2) is 11.0. The van der Waals surface area contributed by atoms with Crippen LogP contribution in [0.3, 0.4) is 0 Å². The summed E-state index contributed by atoms with van der Waals surface area (Å²) in [6, 6.07) is 39.3. The first-order valence-corrected chi connectivity index (χ1v) is 14.1. The number of nitriles is 1. The van der Waals surface area contributed by atoms with Gasteiger partial charge in [-0.1, -0.05) is 97.1 Å². The number of carbonyl (C=O) groups excluding carboxylic acids is 1. The van der Waals surface area contributed by atoms with Crippen molar-refractivity contribution in [1.82, 2.24) is 4.90 Å². The minimum absolute atomic E-state index is 0.151. The van der Waals surface area contributed by atoms with Gasteiger partial charge in [0.2, 0.25) is 5.91 Å². The highest BCUT2D eigenvalue weighted by Gasteiger charge is 2.47. The molecule has 1 amide bonds. The number of piperazine rings is 1. The molecule has 0 radical (unpaired) electrons. The smallest absolute Gasteiger partial charge is 0.243 e. The summed E-state index contributed by atoms with van der Waals surface area (Å²) in [5, 5.41) is 15.3. The lowest BCUT2D eigenvalue weighted by molar-refractivity contribution is -0.139. The van der Waals surface area contributed by atoms with Crippen molar-refractivity contribution in [3.63, 3.8) is 0 Å². The normalized spacial score (nSPS) is 15.7. The van der Waals surface area contributed by atoms with Gasteiger partial charge in [0, 0.05) is 48.7 Å². The van der Waals surface area contributed by atoms with Crippen molar-refractivity contribution in [3.8, 4) is 11.8 Å². The molecule has 2 atom stereocenters. The number of para-hydroxylation sites is 1. The molecule has 0 spiro atoms. The number of rotatable bonds is 6. The van der Waals surface area contributed by atoms with E-state index in [4.69, 9.17) is 4.74 Å². The van der Waals surface area contributed by atoms with E-state index in [0.717, 1.165) is 21.9 Å². The highest BCUT2D eigenvalue weighted by atomic mass is 16.5. The maximum absolute atomic E-state index is 14.5. The molecule has 0 N–H and O–H groups in total. The highest BCUT2D eigenvalue weighted by Crippen LogP contribution is 2.47. The van der Waals surface area contributed by atoms with E-state index in [-0.39, 0.29) is 5.91 Å². The third-order valence-electron chi connectivity index (χ3n) is 8.51. The fraction of sp³-hybridized carbons (Fsp3) is 0.222. The van der Waals surface area contributed by atoms with Gasteiger partial charge >= 0.3 is 0 Å². The fourth-order valence-corrected chi connectivity index (χ4v) is 6.40. The Kier molecular flexibility index (Phi) is 7.07. The van der Waals surface area contributed by atoms with E-state index in [2.05, 4.69) is 71.6 Å². The Morgan fingerprint density at radius 3 is 2.02 bits per heavy atom. The molecular weight excluding hydrogens is 506 g/mol. The summed E-state index contributed by atoms with van der Waals surface area (Å²) >= 11 is 0. The molecule has 1 fully saturated rings. The molecule has 1 aliphatic heterocycles. The number of anilines is 1. The van der Waals surface area contributed by atoms with Gasteiger partial charge in [-0.25, -0.2) is 0 Å². The molecule has 6 rings (SSSR count). The number of ether oxygens (including phenoxy) is 1. The van der Waals surface area contributed by atoms with Crippen LogP contribution in [-0.4, -0.2) is 44.1 Å². The van der Waals surface area contributed by atoms with Crippen molar-refractivity contribution in [1.29, 1.82) is 5.26 Å². The molecule has 0 aromatic heterocycles. The number of carbonyl (C=O) groups is 1. The average molecular weight is 540 g/mol. The molecule has 41 heavy (non-hydrogen) atoms. The van der Waals surface area contributed by atoms with Crippen LogP contribution < -0.4 is 9.64 Å². The standard InChI is InChI=1S/C36H33N3O2/c1-36(25-37,35(40)39-23-21-38(22-24-39)32-19-10-14-27-12-4-6-16-29(27)32)34(31-17-7-8-20-33(31)41-2)30-18-9-13-26-11-3-5-15-28(26)30/h3-20,34H,21-24H2,1-2H3/t34-,36+/m0/s1. The van der Waals surface area contributed by atoms with Gasteiger partial charge in [0.25, 0.3) is 0 Å². The van der Waals surface area contributed by atoms with Crippen molar-refractivity contribution in [2.24, 2.45) is 5.41 Å². The van der Waals surface area contributed by atoms with Gasteiger partial charge in [-0.15, -0.1) is 0 Å². The van der Waals surface area contributed by atoms with Gasteiger partial charge < -0.3 is 14.5 Å². The minimum Gasteiger partial charge on any atom is -0.496 e. The molecule has 1 aliphatic rings. The Hall–Kier alpha value is -4.82. The number of amides is 1. The van der Waals surface area contributed by atoms with Crippen LogP contribution >= 0.6 is 0 Å². The number of hydrogen-bond acceptors (Lipinski definition) is 4. The van der Waals surface area contributed by atoms with Crippen molar-refractivity contribution >= 4 is 33.1 Å². The predicted molar refractivity (Wildman–Crippen MR) is 165 cm³/mol. The second-order valence-electron chi connectivity index (χ2n) is 10.8. The first kappa shape index (κ1) is 26.4. The first-order chi connectivity index (χ1) is 20.0. The molecule has 5 aromatic rings. The quantitative estimate of drug-likeness (QED) is 0.233. The molecule has 0 unspecified atom stereocenters. The molecule has 5 nitrogen and oxygen atoms in total. The Labute approximate surface area is 241 Å². The van der Waals surface area contributed by atoms with E-state index in [0.29, 0.717) is 31.9 Å². The first-order valence-electron chi connectivity index (χ1n) is 14.1.